The van der Waals surface area contributed by atoms with Crippen molar-refractivity contribution in [1.82, 2.24) is 9.62 Å². The molecule has 0 fully saturated rings. The number of sulfonamides is 1. The molecule has 0 aliphatic heterocycles. The van der Waals surface area contributed by atoms with Crippen LogP contribution in [0.5, 0.6) is 5.75 Å². The summed E-state index contributed by atoms with van der Waals surface area (Å²) in [6.45, 7) is 0.449. The zero-order valence-corrected chi connectivity index (χ0v) is 16.5. The maximum absolute atomic E-state index is 12.2. The van der Waals surface area contributed by atoms with Crippen LogP contribution in [0.2, 0.25) is 0 Å². The minimum atomic E-state index is -3.51. The van der Waals surface area contributed by atoms with E-state index in [1.807, 2.05) is 30.3 Å². The number of carbonyl (C=O) groups excluding carboxylic acids is 1. The highest BCUT2D eigenvalue weighted by Gasteiger charge is 2.20. The van der Waals surface area contributed by atoms with Gasteiger partial charge in [-0.15, -0.1) is 0 Å². The van der Waals surface area contributed by atoms with E-state index in [0.29, 0.717) is 12.3 Å². The minimum Gasteiger partial charge on any atom is -0.497 e. The fraction of sp³-hybridized carbons (Fsp3) is 0.350. The molecule has 1 amide bonds. The molecule has 0 atom stereocenters. The lowest BCUT2D eigenvalue weighted by molar-refractivity contribution is -0.121. The van der Waals surface area contributed by atoms with Gasteiger partial charge in [-0.2, -0.15) is 4.31 Å². The van der Waals surface area contributed by atoms with E-state index in [4.69, 9.17) is 4.74 Å². The van der Waals surface area contributed by atoms with Gasteiger partial charge in [-0.3, -0.25) is 4.79 Å². The Morgan fingerprint density at radius 1 is 1.04 bits per heavy atom. The summed E-state index contributed by atoms with van der Waals surface area (Å²) in [6, 6.07) is 17.1. The van der Waals surface area contributed by atoms with E-state index in [0.717, 1.165) is 24.7 Å². The summed E-state index contributed by atoms with van der Waals surface area (Å²) >= 11 is 0. The van der Waals surface area contributed by atoms with E-state index < -0.39 is 10.0 Å². The molecule has 2 rings (SSSR count). The molecular formula is C20H26N2O4S. The standard InChI is InChI=1S/C20H26N2O4S/c1-26-19-12-10-18(11-13-19)15-22(27(2,24)25)16-20(23)21-14-6-9-17-7-4-3-5-8-17/h3-5,7-8,10-13H,6,9,14-16H2,1-2H3,(H,21,23). The van der Waals surface area contributed by atoms with E-state index in [-0.39, 0.29) is 19.0 Å². The fourth-order valence-electron chi connectivity index (χ4n) is 2.61. The van der Waals surface area contributed by atoms with Crippen molar-refractivity contribution in [2.24, 2.45) is 0 Å². The Balaban J connectivity index is 1.84. The molecule has 0 saturated heterocycles. The Bertz CT molecular complexity index is 821. The number of carbonyl (C=O) groups is 1. The molecule has 0 unspecified atom stereocenters. The zero-order valence-electron chi connectivity index (χ0n) is 15.7. The van der Waals surface area contributed by atoms with Gasteiger partial charge in [0.25, 0.3) is 0 Å². The van der Waals surface area contributed by atoms with Gasteiger partial charge in [-0.25, -0.2) is 8.42 Å². The first-order chi connectivity index (χ1) is 12.9. The second-order valence-corrected chi connectivity index (χ2v) is 8.30. The number of benzene rings is 2. The molecule has 6 nitrogen and oxygen atoms in total. The molecule has 7 heteroatoms. The van der Waals surface area contributed by atoms with E-state index >= 15 is 0 Å². The number of nitrogens with one attached hydrogen (secondary N) is 1. The third kappa shape index (κ3) is 7.40. The summed E-state index contributed by atoms with van der Waals surface area (Å²) in [4.78, 5) is 12.2. The highest BCUT2D eigenvalue weighted by molar-refractivity contribution is 7.88. The number of ether oxygens (including phenoxy) is 1. The largest absolute Gasteiger partial charge is 0.497 e. The molecule has 0 spiro atoms. The Morgan fingerprint density at radius 2 is 1.70 bits per heavy atom. The highest BCUT2D eigenvalue weighted by atomic mass is 32.2. The number of hydrogen-bond donors (Lipinski definition) is 1. The van der Waals surface area contributed by atoms with Crippen molar-refractivity contribution in [2.75, 3.05) is 26.5 Å². The van der Waals surface area contributed by atoms with Crippen molar-refractivity contribution in [3.63, 3.8) is 0 Å². The number of rotatable bonds is 10. The second-order valence-electron chi connectivity index (χ2n) is 6.32. The molecule has 0 saturated carbocycles. The summed E-state index contributed by atoms with van der Waals surface area (Å²) in [7, 11) is -1.94. The topological polar surface area (TPSA) is 75.7 Å². The predicted molar refractivity (Wildman–Crippen MR) is 106 cm³/mol. The van der Waals surface area contributed by atoms with Crippen LogP contribution < -0.4 is 10.1 Å². The molecule has 1 N–H and O–H groups in total. The van der Waals surface area contributed by atoms with Crippen LogP contribution in [-0.2, 0) is 27.8 Å². The quantitative estimate of drug-likeness (QED) is 0.631. The van der Waals surface area contributed by atoms with Gasteiger partial charge in [0.15, 0.2) is 0 Å². The Kier molecular flexibility index (Phi) is 7.82. The summed E-state index contributed by atoms with van der Waals surface area (Å²) in [5.74, 6) is 0.391. The average molecular weight is 391 g/mol. The van der Waals surface area contributed by atoms with Gasteiger partial charge in [-0.1, -0.05) is 42.5 Å². The number of nitrogens with zero attached hydrogens (tertiary/aromatic N) is 1. The van der Waals surface area contributed by atoms with Crippen LogP contribution in [0.25, 0.3) is 0 Å². The van der Waals surface area contributed by atoms with Crippen molar-refractivity contribution in [3.05, 3.63) is 65.7 Å². The molecule has 0 radical (unpaired) electrons. The molecule has 146 valence electrons. The van der Waals surface area contributed by atoms with Crippen molar-refractivity contribution in [3.8, 4) is 5.75 Å². The lowest BCUT2D eigenvalue weighted by Crippen LogP contribution is -2.40. The van der Waals surface area contributed by atoms with Gasteiger partial charge in [0.1, 0.15) is 5.75 Å². The summed E-state index contributed by atoms with van der Waals surface area (Å²) in [5, 5.41) is 2.79. The first-order valence-corrected chi connectivity index (χ1v) is 10.6. The Labute approximate surface area is 161 Å². The smallest absolute Gasteiger partial charge is 0.235 e. The van der Waals surface area contributed by atoms with Gasteiger partial charge >= 0.3 is 0 Å². The van der Waals surface area contributed by atoms with Crippen molar-refractivity contribution in [1.29, 1.82) is 0 Å². The van der Waals surface area contributed by atoms with Crippen LogP contribution in [0.4, 0.5) is 0 Å². The molecule has 0 aliphatic rings. The SMILES string of the molecule is COc1ccc(CN(CC(=O)NCCCc2ccccc2)S(C)(=O)=O)cc1. The number of aryl methyl sites for hydroxylation is 1. The van der Waals surface area contributed by atoms with Crippen LogP contribution in [-0.4, -0.2) is 45.1 Å². The zero-order chi connectivity index (χ0) is 19.7. The first kappa shape index (κ1) is 20.9. The Hall–Kier alpha value is -2.38. The third-order valence-corrected chi connectivity index (χ3v) is 5.31. The van der Waals surface area contributed by atoms with E-state index in [1.54, 1.807) is 31.4 Å². The van der Waals surface area contributed by atoms with Gasteiger partial charge in [0.2, 0.25) is 15.9 Å². The Morgan fingerprint density at radius 3 is 2.30 bits per heavy atom. The second kappa shape index (κ2) is 10.1. The molecule has 2 aromatic rings. The summed E-state index contributed by atoms with van der Waals surface area (Å²) in [6.07, 6.45) is 2.77. The van der Waals surface area contributed by atoms with Crippen molar-refractivity contribution in [2.45, 2.75) is 19.4 Å². The number of methoxy groups -OCH3 is 1. The van der Waals surface area contributed by atoms with E-state index in [9.17, 15) is 13.2 Å². The predicted octanol–water partition coefficient (Wildman–Crippen LogP) is 2.21. The molecule has 0 heterocycles. The normalized spacial score (nSPS) is 11.4. The van der Waals surface area contributed by atoms with Crippen LogP contribution >= 0.6 is 0 Å². The van der Waals surface area contributed by atoms with Gasteiger partial charge in [0.05, 0.1) is 19.9 Å². The minimum absolute atomic E-state index is 0.139. The molecule has 2 aromatic carbocycles. The molecule has 0 aliphatic carbocycles. The van der Waals surface area contributed by atoms with Crippen LogP contribution in [0, 0.1) is 0 Å². The van der Waals surface area contributed by atoms with Gasteiger partial charge < -0.3 is 10.1 Å². The lowest BCUT2D eigenvalue weighted by atomic mass is 10.1. The first-order valence-electron chi connectivity index (χ1n) is 8.77. The highest BCUT2D eigenvalue weighted by Crippen LogP contribution is 2.14. The number of hydrogen-bond acceptors (Lipinski definition) is 4. The molecule has 0 bridgehead atoms. The van der Waals surface area contributed by atoms with Gasteiger partial charge in [0, 0.05) is 13.1 Å². The fourth-order valence-corrected chi connectivity index (χ4v) is 3.34. The molecule has 0 aromatic heterocycles. The maximum atomic E-state index is 12.2. The number of amides is 1. The molecule has 27 heavy (non-hydrogen) atoms. The van der Waals surface area contributed by atoms with E-state index in [1.165, 1.54) is 9.87 Å². The van der Waals surface area contributed by atoms with Gasteiger partial charge in [-0.05, 0) is 36.1 Å². The average Bonchev–Trinajstić information content (AvgIpc) is 2.65. The van der Waals surface area contributed by atoms with Crippen LogP contribution in [0.3, 0.4) is 0 Å². The maximum Gasteiger partial charge on any atom is 0.235 e. The van der Waals surface area contributed by atoms with Crippen LogP contribution in [0.15, 0.2) is 54.6 Å². The third-order valence-electron chi connectivity index (χ3n) is 4.11. The van der Waals surface area contributed by atoms with E-state index in [2.05, 4.69) is 5.32 Å². The monoisotopic (exact) mass is 390 g/mol. The summed E-state index contributed by atoms with van der Waals surface area (Å²) < 4.78 is 30.3. The van der Waals surface area contributed by atoms with Crippen LogP contribution in [0.1, 0.15) is 17.5 Å². The van der Waals surface area contributed by atoms with Crippen molar-refractivity contribution >= 4 is 15.9 Å². The van der Waals surface area contributed by atoms with Crippen molar-refractivity contribution < 1.29 is 17.9 Å². The lowest BCUT2D eigenvalue weighted by Gasteiger charge is -2.19. The summed E-state index contributed by atoms with van der Waals surface area (Å²) in [5.41, 5.74) is 2.00. The molecular weight excluding hydrogens is 364 g/mol.